The van der Waals surface area contributed by atoms with Crippen LogP contribution in [0.3, 0.4) is 0 Å². The number of nitrogens with one attached hydrogen (secondary N) is 1. The Hall–Kier alpha value is -3.01. The molecule has 7 heterocycles. The average Bonchev–Trinajstić information content (AvgIpc) is 3.30. The number of hydrogen-bond acceptors (Lipinski definition) is 10. The summed E-state index contributed by atoms with van der Waals surface area (Å²) < 4.78 is 69.4. The topological polar surface area (TPSA) is 113 Å². The lowest BCUT2D eigenvalue weighted by Gasteiger charge is -2.37. The molecule has 2 bridgehead atoms. The minimum absolute atomic E-state index is 0.0209. The van der Waals surface area contributed by atoms with E-state index in [9.17, 15) is 13.0 Å². The Kier molecular flexibility index (Phi) is 6.82. The molecule has 1 aromatic carbocycles. The molecule has 244 valence electrons. The van der Waals surface area contributed by atoms with E-state index in [2.05, 4.69) is 25.1 Å². The second-order valence-electron chi connectivity index (χ2n) is 13.7. The Bertz CT molecular complexity index is 1790. The van der Waals surface area contributed by atoms with Gasteiger partial charge in [0.15, 0.2) is 27.8 Å². The molecule has 0 spiro atoms. The zero-order valence-electron chi connectivity index (χ0n) is 25.2. The second kappa shape index (κ2) is 10.8. The first-order valence-electron chi connectivity index (χ1n) is 16.2. The highest BCUT2D eigenvalue weighted by atomic mass is 32.2. The standard InChI is InChI=1S/C31H35F3N8O2S2/c32-17-10-31(8-1-9-41(31)12-17)15-44-30-38-24-22(34)25(20-6-7-21(33)26-23(20)37-29(35)45-26)42(11-16-2-3-16)46(43)27(24)28(39-30)40-13-18-4-5-19(14-40)36-18/h6-7,16-19,36H,1-5,8-15H2,(H2,35,37)/t17-,18?,19?,31+,46?/m1/s1. The normalized spacial score (nSPS) is 30.8. The maximum atomic E-state index is 17.3. The van der Waals surface area contributed by atoms with Crippen molar-refractivity contribution in [1.82, 2.24) is 29.5 Å². The number of halogens is 3. The van der Waals surface area contributed by atoms with Crippen LogP contribution in [0.5, 0.6) is 6.01 Å². The number of nitrogens with zero attached hydrogens (tertiary/aromatic N) is 6. The zero-order valence-corrected chi connectivity index (χ0v) is 26.8. The molecule has 3 unspecified atom stereocenters. The maximum absolute atomic E-state index is 17.3. The van der Waals surface area contributed by atoms with Crippen LogP contribution in [0.25, 0.3) is 21.7 Å². The van der Waals surface area contributed by atoms with Crippen molar-refractivity contribution in [1.29, 1.82) is 0 Å². The summed E-state index contributed by atoms with van der Waals surface area (Å²) in [4.78, 5) is 18.2. The molecule has 6 aliphatic rings. The Labute approximate surface area is 270 Å². The van der Waals surface area contributed by atoms with Gasteiger partial charge in [-0.3, -0.25) is 9.21 Å². The first kappa shape index (κ1) is 29.2. The molecule has 2 aromatic heterocycles. The Morgan fingerprint density at radius 2 is 1.91 bits per heavy atom. The third-order valence-electron chi connectivity index (χ3n) is 10.5. The average molecular weight is 673 g/mol. The number of aromatic nitrogens is 3. The van der Waals surface area contributed by atoms with E-state index in [0.29, 0.717) is 44.0 Å². The van der Waals surface area contributed by atoms with Gasteiger partial charge in [-0.15, -0.1) is 0 Å². The lowest BCUT2D eigenvalue weighted by Crippen LogP contribution is -2.52. The maximum Gasteiger partial charge on any atom is 0.319 e. The van der Waals surface area contributed by atoms with Crippen LogP contribution in [0.4, 0.5) is 24.1 Å². The van der Waals surface area contributed by atoms with Gasteiger partial charge >= 0.3 is 6.01 Å². The molecule has 0 radical (unpaired) electrons. The summed E-state index contributed by atoms with van der Waals surface area (Å²) >= 11 is 0.991. The third kappa shape index (κ3) is 4.71. The van der Waals surface area contributed by atoms with Gasteiger partial charge in [-0.2, -0.15) is 9.97 Å². The number of fused-ring (bicyclic) bond motifs is 5. The lowest BCUT2D eigenvalue weighted by atomic mass is 9.95. The molecule has 46 heavy (non-hydrogen) atoms. The van der Waals surface area contributed by atoms with Gasteiger partial charge in [0.2, 0.25) is 0 Å². The van der Waals surface area contributed by atoms with Crippen LogP contribution in [0, 0.1) is 11.7 Å². The summed E-state index contributed by atoms with van der Waals surface area (Å²) in [5.41, 5.74) is 6.03. The number of anilines is 2. The van der Waals surface area contributed by atoms with Gasteiger partial charge < -0.3 is 20.7 Å². The lowest BCUT2D eigenvalue weighted by molar-refractivity contribution is 0.107. The Balaban J connectivity index is 1.20. The molecular weight excluding hydrogens is 638 g/mol. The summed E-state index contributed by atoms with van der Waals surface area (Å²) in [5.74, 6) is -0.529. The van der Waals surface area contributed by atoms with Gasteiger partial charge in [0.05, 0.1) is 21.5 Å². The van der Waals surface area contributed by atoms with E-state index in [1.54, 1.807) is 4.31 Å². The van der Waals surface area contributed by atoms with Crippen molar-refractivity contribution >= 4 is 55.0 Å². The van der Waals surface area contributed by atoms with Gasteiger partial charge in [-0.1, -0.05) is 11.3 Å². The van der Waals surface area contributed by atoms with Crippen LogP contribution in [0.1, 0.15) is 56.2 Å². The fraction of sp³-hybridized carbons (Fsp3) is 0.581. The van der Waals surface area contributed by atoms with E-state index < -0.39 is 34.3 Å². The van der Waals surface area contributed by atoms with Crippen molar-refractivity contribution in [2.45, 2.75) is 73.6 Å². The number of benzene rings is 1. The van der Waals surface area contributed by atoms with Crippen molar-refractivity contribution < 1.29 is 22.1 Å². The molecule has 3 aromatic rings. The van der Waals surface area contributed by atoms with Gasteiger partial charge in [0.25, 0.3) is 0 Å². The summed E-state index contributed by atoms with van der Waals surface area (Å²) in [7, 11) is -1.88. The van der Waals surface area contributed by atoms with Crippen molar-refractivity contribution in [2.75, 3.05) is 50.0 Å². The first-order chi connectivity index (χ1) is 22.3. The molecule has 4 saturated heterocycles. The summed E-state index contributed by atoms with van der Waals surface area (Å²) in [6, 6.07) is 3.22. The minimum atomic E-state index is -1.88. The van der Waals surface area contributed by atoms with E-state index >= 15 is 4.39 Å². The monoisotopic (exact) mass is 672 g/mol. The molecule has 1 saturated carbocycles. The van der Waals surface area contributed by atoms with Crippen molar-refractivity contribution in [2.24, 2.45) is 5.92 Å². The number of piperazine rings is 1. The third-order valence-corrected chi connectivity index (χ3v) is 12.9. The minimum Gasteiger partial charge on any atom is -0.461 e. The number of nitrogen functional groups attached to an aromatic ring is 1. The number of thiazole rings is 1. The van der Waals surface area contributed by atoms with Crippen LogP contribution in [-0.2, 0) is 11.0 Å². The SMILES string of the molecule is Nc1nc2c(C3=C(F)c4nc(OC[C@@]56CCCN5C[C@H](F)C6)nc(N5CC6CCC(C5)N6)c4S(=O)N3CC3CC3)ccc(F)c2s1. The molecular formula is C31H35F3N8O2S2. The molecule has 15 heteroatoms. The first-order valence-corrected chi connectivity index (χ1v) is 18.1. The molecule has 0 amide bonds. The van der Waals surface area contributed by atoms with Crippen LogP contribution < -0.4 is 20.7 Å². The van der Waals surface area contributed by atoms with Gasteiger partial charge in [0.1, 0.15) is 29.2 Å². The molecule has 5 aliphatic heterocycles. The van der Waals surface area contributed by atoms with E-state index in [1.807, 2.05) is 0 Å². The molecule has 1 aliphatic carbocycles. The summed E-state index contributed by atoms with van der Waals surface area (Å²) in [6.45, 7) is 3.01. The molecule has 5 fully saturated rings. The highest BCUT2D eigenvalue weighted by Gasteiger charge is 2.50. The van der Waals surface area contributed by atoms with Crippen LogP contribution in [0.2, 0.25) is 0 Å². The van der Waals surface area contributed by atoms with E-state index in [4.69, 9.17) is 15.5 Å². The van der Waals surface area contributed by atoms with Crippen LogP contribution in [-0.4, -0.2) is 91.5 Å². The molecule has 3 N–H and O–H groups in total. The molecule has 5 atom stereocenters. The van der Waals surface area contributed by atoms with Gasteiger partial charge in [-0.05, 0) is 63.1 Å². The van der Waals surface area contributed by atoms with E-state index in [0.717, 1.165) is 56.4 Å². The largest absolute Gasteiger partial charge is 0.461 e. The van der Waals surface area contributed by atoms with E-state index in [-0.39, 0.29) is 62.3 Å². The predicted molar refractivity (Wildman–Crippen MR) is 170 cm³/mol. The fourth-order valence-corrected chi connectivity index (χ4v) is 10.5. The van der Waals surface area contributed by atoms with Gasteiger partial charge in [-0.25, -0.2) is 22.4 Å². The summed E-state index contributed by atoms with van der Waals surface area (Å²) in [6.07, 6.45) is 5.17. The number of nitrogens with two attached hydrogens (primary N) is 1. The number of ether oxygens (including phenoxy) is 1. The number of alkyl halides is 1. The molecule has 10 nitrogen and oxygen atoms in total. The van der Waals surface area contributed by atoms with Crippen molar-refractivity contribution in [3.8, 4) is 6.01 Å². The summed E-state index contributed by atoms with van der Waals surface area (Å²) in [5, 5.41) is 3.77. The van der Waals surface area contributed by atoms with Gasteiger partial charge in [0, 0.05) is 50.2 Å². The fourth-order valence-electron chi connectivity index (χ4n) is 8.17. The number of hydrogen-bond donors (Lipinski definition) is 2. The zero-order chi connectivity index (χ0) is 31.3. The Morgan fingerprint density at radius 3 is 2.70 bits per heavy atom. The molecule has 9 rings (SSSR count). The van der Waals surface area contributed by atoms with E-state index in [1.165, 1.54) is 12.1 Å². The highest BCUT2D eigenvalue weighted by molar-refractivity contribution is 7.83. The quantitative estimate of drug-likeness (QED) is 0.381. The predicted octanol–water partition coefficient (Wildman–Crippen LogP) is 4.25. The van der Waals surface area contributed by atoms with Crippen LogP contribution in [0.15, 0.2) is 17.0 Å². The second-order valence-corrected chi connectivity index (χ2v) is 16.0. The van der Waals surface area contributed by atoms with Crippen molar-refractivity contribution in [3.63, 3.8) is 0 Å². The number of rotatable bonds is 7. The highest BCUT2D eigenvalue weighted by Crippen LogP contribution is 2.48. The Morgan fingerprint density at radius 1 is 1.11 bits per heavy atom. The smallest absolute Gasteiger partial charge is 0.319 e. The van der Waals surface area contributed by atoms with Crippen molar-refractivity contribution in [3.05, 3.63) is 29.2 Å². The van der Waals surface area contributed by atoms with Crippen LogP contribution >= 0.6 is 11.3 Å².